The van der Waals surface area contributed by atoms with Crippen molar-refractivity contribution in [1.82, 2.24) is 14.1 Å². The molecule has 0 saturated carbocycles. The summed E-state index contributed by atoms with van der Waals surface area (Å²) in [7, 11) is 1.37. The first-order valence-corrected chi connectivity index (χ1v) is 11.2. The van der Waals surface area contributed by atoms with Crippen LogP contribution in [0.5, 0.6) is 17.2 Å². The Labute approximate surface area is 210 Å². The number of imidazole rings is 1. The van der Waals surface area contributed by atoms with Crippen LogP contribution in [0.2, 0.25) is 0 Å². The van der Waals surface area contributed by atoms with Crippen molar-refractivity contribution in [3.63, 3.8) is 0 Å². The molecule has 0 bridgehead atoms. The molecule has 184 valence electrons. The molecule has 5 rings (SSSR count). The topological polar surface area (TPSA) is 87.4 Å². The number of hydrogen-bond donors (Lipinski definition) is 1. The molecule has 2 aromatic heterocycles. The van der Waals surface area contributed by atoms with E-state index in [1.54, 1.807) is 77.6 Å². The molecule has 5 aromatic rings. The highest BCUT2D eigenvalue weighted by Crippen LogP contribution is 2.34. The lowest BCUT2D eigenvalue weighted by Crippen LogP contribution is -2.22. The van der Waals surface area contributed by atoms with Crippen LogP contribution in [0.3, 0.4) is 0 Å². The highest BCUT2D eigenvalue weighted by atomic mass is 19.1. The summed E-state index contributed by atoms with van der Waals surface area (Å²) in [6.45, 7) is 3.46. The van der Waals surface area contributed by atoms with E-state index in [1.165, 1.54) is 29.9 Å². The fourth-order valence-corrected chi connectivity index (χ4v) is 4.02. The van der Waals surface area contributed by atoms with Gasteiger partial charge in [-0.2, -0.15) is 0 Å². The summed E-state index contributed by atoms with van der Waals surface area (Å²) < 4.78 is 28.0. The lowest BCUT2D eigenvalue weighted by Gasteiger charge is -2.11. The molecule has 0 atom stereocenters. The Hall–Kier alpha value is -5.18. The first-order chi connectivity index (χ1) is 18.0. The second-order valence-corrected chi connectivity index (χ2v) is 7.93. The average Bonchev–Trinajstić information content (AvgIpc) is 3.21. The third-order valence-electron chi connectivity index (χ3n) is 5.66. The van der Waals surface area contributed by atoms with Crippen molar-refractivity contribution < 1.29 is 18.7 Å². The van der Waals surface area contributed by atoms with E-state index in [9.17, 15) is 14.0 Å². The molecule has 0 aliphatic rings. The van der Waals surface area contributed by atoms with Crippen LogP contribution in [0, 0.1) is 5.82 Å². The quantitative estimate of drug-likeness (QED) is 0.312. The van der Waals surface area contributed by atoms with E-state index in [-0.39, 0.29) is 23.1 Å². The zero-order valence-electron chi connectivity index (χ0n) is 19.7. The van der Waals surface area contributed by atoms with Crippen LogP contribution in [-0.4, -0.2) is 27.1 Å². The molecule has 1 amide bonds. The Morgan fingerprint density at radius 1 is 1.00 bits per heavy atom. The van der Waals surface area contributed by atoms with Gasteiger partial charge in [0.1, 0.15) is 5.75 Å². The minimum Gasteiger partial charge on any atom is -0.490 e. The lowest BCUT2D eigenvalue weighted by atomic mass is 10.2. The number of pyridine rings is 1. The molecule has 2 heterocycles. The minimum absolute atomic E-state index is 0.00320. The van der Waals surface area contributed by atoms with Gasteiger partial charge >= 0.3 is 5.69 Å². The van der Waals surface area contributed by atoms with Gasteiger partial charge in [0.25, 0.3) is 0 Å². The first-order valence-electron chi connectivity index (χ1n) is 11.2. The molecule has 0 saturated heterocycles. The zero-order chi connectivity index (χ0) is 25.9. The van der Waals surface area contributed by atoms with Gasteiger partial charge in [-0.1, -0.05) is 18.7 Å². The number of methoxy groups -OCH3 is 1. The summed E-state index contributed by atoms with van der Waals surface area (Å²) in [5.41, 5.74) is 2.58. The predicted octanol–water partition coefficient (Wildman–Crippen LogP) is 5.24. The molecule has 1 N–H and O–H groups in total. The van der Waals surface area contributed by atoms with Gasteiger partial charge in [0, 0.05) is 11.9 Å². The van der Waals surface area contributed by atoms with Crippen LogP contribution in [0.25, 0.3) is 22.4 Å². The number of rotatable bonds is 7. The molecule has 0 aliphatic carbocycles. The van der Waals surface area contributed by atoms with Crippen LogP contribution >= 0.6 is 0 Å². The third kappa shape index (κ3) is 4.45. The number of fused-ring (bicyclic) bond motifs is 1. The number of anilines is 1. The standard InChI is InChI=1S/C28H21FN4O4/c1-3-26(34)31-18-6-4-7-20(16-18)33-23-14-15-30-17-24(23)32(28(33)35)19-10-12-21(13-11-19)37-25-9-5-8-22(29)27(25)36-2/h3-17H,1H2,2H3,(H,31,34). The highest BCUT2D eigenvalue weighted by molar-refractivity contribution is 5.99. The highest BCUT2D eigenvalue weighted by Gasteiger charge is 2.17. The summed E-state index contributed by atoms with van der Waals surface area (Å²) in [5, 5.41) is 2.71. The Balaban J connectivity index is 1.55. The normalized spacial score (nSPS) is 10.8. The Bertz CT molecular complexity index is 1690. The summed E-state index contributed by atoms with van der Waals surface area (Å²) in [4.78, 5) is 29.6. The summed E-state index contributed by atoms with van der Waals surface area (Å²) in [5.74, 6) is -0.209. The number of amides is 1. The minimum atomic E-state index is -0.531. The van der Waals surface area contributed by atoms with Gasteiger partial charge in [0.15, 0.2) is 17.3 Å². The second kappa shape index (κ2) is 9.82. The molecule has 9 heteroatoms. The van der Waals surface area contributed by atoms with Crippen molar-refractivity contribution in [1.29, 1.82) is 0 Å². The van der Waals surface area contributed by atoms with E-state index in [4.69, 9.17) is 9.47 Å². The van der Waals surface area contributed by atoms with Gasteiger partial charge in [-0.15, -0.1) is 0 Å². The SMILES string of the molecule is C=CC(=O)Nc1cccc(-n2c(=O)n(-c3ccc(Oc4cccc(F)c4OC)cc3)c3cnccc32)c1. The van der Waals surface area contributed by atoms with Gasteiger partial charge in [0.2, 0.25) is 5.91 Å². The maximum Gasteiger partial charge on any atom is 0.338 e. The van der Waals surface area contributed by atoms with Crippen molar-refractivity contribution in [3.05, 3.63) is 114 Å². The van der Waals surface area contributed by atoms with Gasteiger partial charge in [0.05, 0.1) is 35.7 Å². The monoisotopic (exact) mass is 496 g/mol. The number of carbonyl (C=O) groups excluding carboxylic acids is 1. The number of aromatic nitrogens is 3. The number of halogens is 1. The largest absolute Gasteiger partial charge is 0.490 e. The van der Waals surface area contributed by atoms with Gasteiger partial charge in [-0.05, 0) is 66.7 Å². The van der Waals surface area contributed by atoms with Crippen LogP contribution in [0.1, 0.15) is 0 Å². The Morgan fingerprint density at radius 2 is 1.76 bits per heavy atom. The number of para-hydroxylation sites is 1. The van der Waals surface area contributed by atoms with E-state index < -0.39 is 5.82 Å². The van der Waals surface area contributed by atoms with Gasteiger partial charge in [-0.3, -0.25) is 18.9 Å². The number of ether oxygens (including phenoxy) is 2. The van der Waals surface area contributed by atoms with Gasteiger partial charge < -0.3 is 14.8 Å². The molecule has 0 spiro atoms. The summed E-state index contributed by atoms with van der Waals surface area (Å²) >= 11 is 0. The number of carbonyl (C=O) groups is 1. The van der Waals surface area contributed by atoms with Crippen molar-refractivity contribution in [2.45, 2.75) is 0 Å². The Kier molecular flexibility index (Phi) is 6.25. The van der Waals surface area contributed by atoms with E-state index in [0.717, 1.165) is 0 Å². The fraction of sp³-hybridized carbons (Fsp3) is 0.0357. The predicted molar refractivity (Wildman–Crippen MR) is 139 cm³/mol. The van der Waals surface area contributed by atoms with Crippen LogP contribution in [0.15, 0.2) is 103 Å². The lowest BCUT2D eigenvalue weighted by molar-refractivity contribution is -0.111. The van der Waals surface area contributed by atoms with Crippen LogP contribution in [-0.2, 0) is 4.79 Å². The van der Waals surface area contributed by atoms with Gasteiger partial charge in [-0.25, -0.2) is 9.18 Å². The number of benzene rings is 3. The summed E-state index contributed by atoms with van der Waals surface area (Å²) in [6, 6.07) is 19.9. The van der Waals surface area contributed by atoms with E-state index in [0.29, 0.717) is 33.8 Å². The number of nitrogens with zero attached hydrogens (tertiary/aromatic N) is 3. The molecule has 0 unspecified atom stereocenters. The Morgan fingerprint density at radius 3 is 2.51 bits per heavy atom. The molecule has 3 aromatic carbocycles. The smallest absolute Gasteiger partial charge is 0.338 e. The molecular formula is C28H21FN4O4. The number of hydrogen-bond acceptors (Lipinski definition) is 5. The molecule has 8 nitrogen and oxygen atoms in total. The maximum absolute atomic E-state index is 14.0. The van der Waals surface area contributed by atoms with Crippen molar-refractivity contribution >= 4 is 22.6 Å². The molecule has 0 aliphatic heterocycles. The number of nitrogens with one attached hydrogen (secondary N) is 1. The first kappa shape index (κ1) is 23.6. The molecule has 0 fully saturated rings. The van der Waals surface area contributed by atoms with Crippen molar-refractivity contribution in [2.24, 2.45) is 0 Å². The maximum atomic E-state index is 14.0. The fourth-order valence-electron chi connectivity index (χ4n) is 4.02. The van der Waals surface area contributed by atoms with E-state index in [2.05, 4.69) is 16.9 Å². The second-order valence-electron chi connectivity index (χ2n) is 7.93. The van der Waals surface area contributed by atoms with E-state index >= 15 is 0 Å². The molecule has 37 heavy (non-hydrogen) atoms. The van der Waals surface area contributed by atoms with E-state index in [1.807, 2.05) is 0 Å². The van der Waals surface area contributed by atoms with Crippen molar-refractivity contribution in [2.75, 3.05) is 12.4 Å². The van der Waals surface area contributed by atoms with Crippen LogP contribution in [0.4, 0.5) is 10.1 Å². The zero-order valence-corrected chi connectivity index (χ0v) is 19.7. The summed E-state index contributed by atoms with van der Waals surface area (Å²) in [6.07, 6.45) is 4.39. The van der Waals surface area contributed by atoms with Crippen LogP contribution < -0.4 is 20.5 Å². The molecule has 0 radical (unpaired) electrons. The average molecular weight is 496 g/mol. The third-order valence-corrected chi connectivity index (χ3v) is 5.66. The van der Waals surface area contributed by atoms with Crippen molar-refractivity contribution in [3.8, 4) is 28.6 Å². The molecular weight excluding hydrogens is 475 g/mol.